The van der Waals surface area contributed by atoms with Gasteiger partial charge in [-0.15, -0.1) is 0 Å². The van der Waals surface area contributed by atoms with Gasteiger partial charge in [0.1, 0.15) is 0 Å². The molecule has 6 aromatic carbocycles. The maximum atomic E-state index is 5.13. The van der Waals surface area contributed by atoms with Crippen LogP contribution in [0, 0.1) is 0 Å². The minimum atomic E-state index is 0.702. The molecule has 0 amide bonds. The first-order chi connectivity index (χ1) is 22.8. The van der Waals surface area contributed by atoms with Crippen LogP contribution in [0.5, 0.6) is 0 Å². The van der Waals surface area contributed by atoms with E-state index in [0.717, 1.165) is 55.9 Å². The second-order valence-corrected chi connectivity index (χ2v) is 11.4. The Bertz CT molecular complexity index is 2280. The largest absolute Gasteiger partial charge is 0.264 e. The maximum absolute atomic E-state index is 5.13. The highest BCUT2D eigenvalue weighted by atomic mass is 14.9. The van der Waals surface area contributed by atoms with Gasteiger partial charge in [0.25, 0.3) is 0 Å². The molecule has 0 aliphatic rings. The van der Waals surface area contributed by atoms with E-state index in [2.05, 4.69) is 157 Å². The number of hydrogen-bond donors (Lipinski definition) is 0. The minimum Gasteiger partial charge on any atom is -0.264 e. The number of benzene rings is 6. The van der Waals surface area contributed by atoms with Crippen molar-refractivity contribution in [3.63, 3.8) is 0 Å². The Labute approximate surface area is 268 Å². The van der Waals surface area contributed by atoms with Crippen molar-refractivity contribution in [2.45, 2.75) is 0 Å². The van der Waals surface area contributed by atoms with Gasteiger partial charge in [-0.05, 0) is 68.4 Å². The van der Waals surface area contributed by atoms with Crippen molar-refractivity contribution in [3.8, 4) is 67.3 Å². The minimum absolute atomic E-state index is 0.702. The molecule has 0 saturated heterocycles. The van der Waals surface area contributed by atoms with Gasteiger partial charge in [-0.2, -0.15) is 0 Å². The second-order valence-electron chi connectivity index (χ2n) is 11.4. The van der Waals surface area contributed by atoms with Crippen molar-refractivity contribution in [3.05, 3.63) is 176 Å². The summed E-state index contributed by atoms with van der Waals surface area (Å²) in [6.07, 6.45) is 3.69. The molecule has 46 heavy (non-hydrogen) atoms. The van der Waals surface area contributed by atoms with E-state index in [1.807, 2.05) is 18.3 Å². The van der Waals surface area contributed by atoms with Crippen molar-refractivity contribution in [2.24, 2.45) is 0 Å². The first-order valence-corrected chi connectivity index (χ1v) is 15.4. The van der Waals surface area contributed by atoms with Crippen LogP contribution in [-0.2, 0) is 0 Å². The van der Waals surface area contributed by atoms with Gasteiger partial charge in [0.15, 0.2) is 5.82 Å². The third kappa shape index (κ3) is 5.58. The number of fused-ring (bicyclic) bond motifs is 1. The fourth-order valence-corrected chi connectivity index (χ4v) is 5.91. The van der Waals surface area contributed by atoms with Crippen LogP contribution in [0.4, 0.5) is 0 Å². The van der Waals surface area contributed by atoms with Gasteiger partial charge < -0.3 is 0 Å². The molecule has 3 nitrogen and oxygen atoms in total. The number of rotatable bonds is 6. The molecule has 216 valence electrons. The first kappa shape index (κ1) is 27.4. The van der Waals surface area contributed by atoms with E-state index in [0.29, 0.717) is 5.82 Å². The third-order valence-corrected chi connectivity index (χ3v) is 8.39. The van der Waals surface area contributed by atoms with E-state index in [1.165, 1.54) is 16.3 Å². The molecule has 0 spiro atoms. The molecule has 2 heterocycles. The summed E-state index contributed by atoms with van der Waals surface area (Å²) in [6.45, 7) is 0. The lowest BCUT2D eigenvalue weighted by Gasteiger charge is -2.12. The predicted octanol–water partition coefficient (Wildman–Crippen LogP) is 11.0. The molecule has 8 aromatic rings. The molecule has 0 atom stereocenters. The van der Waals surface area contributed by atoms with Crippen molar-refractivity contribution >= 4 is 10.8 Å². The topological polar surface area (TPSA) is 38.7 Å². The van der Waals surface area contributed by atoms with Crippen LogP contribution in [0.15, 0.2) is 176 Å². The molecule has 0 aliphatic heterocycles. The molecule has 0 fully saturated rings. The quantitative estimate of drug-likeness (QED) is 0.194. The highest BCUT2D eigenvalue weighted by Crippen LogP contribution is 2.32. The number of pyridine rings is 1. The van der Waals surface area contributed by atoms with Gasteiger partial charge in [-0.25, -0.2) is 9.97 Å². The van der Waals surface area contributed by atoms with Crippen LogP contribution in [0.2, 0.25) is 0 Å². The summed E-state index contributed by atoms with van der Waals surface area (Å²) in [5.41, 5.74) is 11.8. The molecule has 0 aliphatic carbocycles. The third-order valence-electron chi connectivity index (χ3n) is 8.39. The lowest BCUT2D eigenvalue weighted by molar-refractivity contribution is 1.18. The number of aromatic nitrogens is 3. The standard InChI is InChI=1S/C43H29N3/c1-2-8-30(9-3-1)37-12-6-13-39(27-37)43-45-41(28-42(46-43)38-24-21-31-10-4-5-11-36(31)26-38)35-22-19-33(20-23-35)32-15-17-34(18-16-32)40-14-7-25-44-29-40/h1-29H. The molecule has 0 N–H and O–H groups in total. The van der Waals surface area contributed by atoms with Crippen LogP contribution in [0.3, 0.4) is 0 Å². The molecule has 0 radical (unpaired) electrons. The molecule has 0 bridgehead atoms. The summed E-state index contributed by atoms with van der Waals surface area (Å²) in [4.78, 5) is 14.5. The van der Waals surface area contributed by atoms with Gasteiger partial charge in [0.2, 0.25) is 0 Å². The van der Waals surface area contributed by atoms with E-state index >= 15 is 0 Å². The average Bonchev–Trinajstić information content (AvgIpc) is 3.15. The zero-order chi connectivity index (χ0) is 30.7. The van der Waals surface area contributed by atoms with Crippen molar-refractivity contribution < 1.29 is 0 Å². The van der Waals surface area contributed by atoms with Gasteiger partial charge in [0.05, 0.1) is 11.4 Å². The molecule has 3 heteroatoms. The summed E-state index contributed by atoms with van der Waals surface area (Å²) in [6, 6.07) is 57.3. The zero-order valence-electron chi connectivity index (χ0n) is 25.1. The summed E-state index contributed by atoms with van der Waals surface area (Å²) >= 11 is 0. The molecule has 0 saturated carbocycles. The highest BCUT2D eigenvalue weighted by molar-refractivity contribution is 5.87. The van der Waals surface area contributed by atoms with Gasteiger partial charge in [-0.1, -0.05) is 140 Å². The Morgan fingerprint density at radius 3 is 1.57 bits per heavy atom. The Balaban J connectivity index is 1.19. The molecule has 2 aromatic heterocycles. The second kappa shape index (κ2) is 12.1. The number of nitrogens with zero attached hydrogens (tertiary/aromatic N) is 3. The molecular weight excluding hydrogens is 558 g/mol. The summed E-state index contributed by atoms with van der Waals surface area (Å²) in [7, 11) is 0. The Hall–Kier alpha value is -6.19. The van der Waals surface area contributed by atoms with Crippen molar-refractivity contribution in [2.75, 3.05) is 0 Å². The van der Waals surface area contributed by atoms with Crippen LogP contribution in [-0.4, -0.2) is 15.0 Å². The lowest BCUT2D eigenvalue weighted by atomic mass is 9.99. The van der Waals surface area contributed by atoms with E-state index in [-0.39, 0.29) is 0 Å². The van der Waals surface area contributed by atoms with Crippen molar-refractivity contribution in [1.29, 1.82) is 0 Å². The van der Waals surface area contributed by atoms with Gasteiger partial charge >= 0.3 is 0 Å². The Morgan fingerprint density at radius 1 is 0.304 bits per heavy atom. The highest BCUT2D eigenvalue weighted by Gasteiger charge is 2.13. The monoisotopic (exact) mass is 587 g/mol. The predicted molar refractivity (Wildman–Crippen MR) is 190 cm³/mol. The zero-order valence-corrected chi connectivity index (χ0v) is 25.1. The molecule has 8 rings (SSSR count). The Kier molecular flexibility index (Phi) is 7.18. The van der Waals surface area contributed by atoms with Crippen molar-refractivity contribution in [1.82, 2.24) is 15.0 Å². The summed E-state index contributed by atoms with van der Waals surface area (Å²) in [5, 5.41) is 2.40. The Morgan fingerprint density at radius 2 is 0.848 bits per heavy atom. The van der Waals surface area contributed by atoms with Crippen LogP contribution >= 0.6 is 0 Å². The van der Waals surface area contributed by atoms with E-state index in [1.54, 1.807) is 6.20 Å². The SMILES string of the molecule is c1ccc(-c2cccc(-c3nc(-c4ccc(-c5ccc(-c6cccnc6)cc5)cc4)cc(-c4ccc5ccccc5c4)n3)c2)cc1. The fourth-order valence-electron chi connectivity index (χ4n) is 5.91. The lowest BCUT2D eigenvalue weighted by Crippen LogP contribution is -1.96. The van der Waals surface area contributed by atoms with E-state index in [9.17, 15) is 0 Å². The van der Waals surface area contributed by atoms with Crippen LogP contribution < -0.4 is 0 Å². The van der Waals surface area contributed by atoms with Crippen LogP contribution in [0.1, 0.15) is 0 Å². The van der Waals surface area contributed by atoms with Gasteiger partial charge in [-0.3, -0.25) is 4.98 Å². The maximum Gasteiger partial charge on any atom is 0.160 e. The van der Waals surface area contributed by atoms with E-state index < -0.39 is 0 Å². The van der Waals surface area contributed by atoms with Crippen LogP contribution in [0.25, 0.3) is 78.1 Å². The summed E-state index contributed by atoms with van der Waals surface area (Å²) < 4.78 is 0. The smallest absolute Gasteiger partial charge is 0.160 e. The fraction of sp³-hybridized carbons (Fsp3) is 0. The normalized spacial score (nSPS) is 11.0. The first-order valence-electron chi connectivity index (χ1n) is 15.4. The molecular formula is C43H29N3. The summed E-state index contributed by atoms with van der Waals surface area (Å²) in [5.74, 6) is 0.702. The van der Waals surface area contributed by atoms with Gasteiger partial charge in [0, 0.05) is 29.1 Å². The average molecular weight is 588 g/mol. The number of hydrogen-bond acceptors (Lipinski definition) is 3. The molecule has 0 unspecified atom stereocenters. The van der Waals surface area contributed by atoms with E-state index in [4.69, 9.17) is 9.97 Å².